The average Bonchev–Trinajstić information content (AvgIpc) is 2.53. The second-order valence-electron chi connectivity index (χ2n) is 4.50. The second-order valence-corrected chi connectivity index (χ2v) is 4.50. The first-order valence-corrected chi connectivity index (χ1v) is 6.45. The summed E-state index contributed by atoms with van der Waals surface area (Å²) >= 11 is 0. The Hall–Kier alpha value is -3.28. The predicted molar refractivity (Wildman–Crippen MR) is 75.9 cm³/mol. The quantitative estimate of drug-likeness (QED) is 0.602. The Morgan fingerprint density at radius 3 is 2.38 bits per heavy atom. The number of non-ortho nitro benzene ring substituents is 1. The van der Waals surface area contributed by atoms with E-state index in [0.29, 0.717) is 0 Å². The highest BCUT2D eigenvalue weighted by Gasteiger charge is 2.29. The van der Waals surface area contributed by atoms with E-state index in [4.69, 9.17) is 10.00 Å². The normalized spacial score (nSPS) is 10.8. The van der Waals surface area contributed by atoms with Crippen LogP contribution in [0.25, 0.3) is 0 Å². The summed E-state index contributed by atoms with van der Waals surface area (Å²) in [7, 11) is 0. The number of nitrogens with zero attached hydrogens (tertiary/aromatic N) is 2. The third kappa shape index (κ3) is 4.36. The molecule has 0 aliphatic carbocycles. The molecule has 9 heteroatoms. The van der Waals surface area contributed by atoms with Gasteiger partial charge < -0.3 is 9.47 Å². The Morgan fingerprint density at radius 2 is 1.79 bits per heavy atom. The zero-order valence-electron chi connectivity index (χ0n) is 11.9. The number of rotatable bonds is 5. The topological polar surface area (TPSA) is 85.4 Å². The third-order valence-corrected chi connectivity index (χ3v) is 2.75. The monoisotopic (exact) mass is 338 g/mol. The van der Waals surface area contributed by atoms with Crippen molar-refractivity contribution >= 4 is 5.69 Å². The number of nitro groups is 1. The maximum absolute atomic E-state index is 12.3. The molecule has 24 heavy (non-hydrogen) atoms. The van der Waals surface area contributed by atoms with Gasteiger partial charge in [0, 0.05) is 12.1 Å². The molecule has 2 aromatic rings. The van der Waals surface area contributed by atoms with E-state index in [1.165, 1.54) is 30.3 Å². The Balaban J connectivity index is 2.29. The molecule has 0 radical (unpaired) electrons. The fourth-order valence-corrected chi connectivity index (χ4v) is 1.74. The third-order valence-electron chi connectivity index (χ3n) is 2.75. The summed E-state index contributed by atoms with van der Waals surface area (Å²) in [5.74, 6) is -0.254. The van der Waals surface area contributed by atoms with Crippen molar-refractivity contribution in [3.8, 4) is 23.3 Å². The number of nitriles is 1. The summed E-state index contributed by atoms with van der Waals surface area (Å²) < 4.78 is 46.9. The molecular weight excluding hydrogens is 329 g/mol. The van der Waals surface area contributed by atoms with Crippen molar-refractivity contribution in [2.75, 3.05) is 6.61 Å². The summed E-state index contributed by atoms with van der Waals surface area (Å²) in [6.45, 7) is -1.50. The van der Waals surface area contributed by atoms with Crippen molar-refractivity contribution in [1.29, 1.82) is 5.26 Å². The van der Waals surface area contributed by atoms with Gasteiger partial charge in [0.15, 0.2) is 18.1 Å². The van der Waals surface area contributed by atoms with Crippen molar-refractivity contribution in [1.82, 2.24) is 0 Å². The molecule has 0 atom stereocenters. The van der Waals surface area contributed by atoms with Gasteiger partial charge in [0.05, 0.1) is 4.92 Å². The van der Waals surface area contributed by atoms with E-state index in [9.17, 15) is 23.3 Å². The van der Waals surface area contributed by atoms with Crippen molar-refractivity contribution in [2.24, 2.45) is 0 Å². The van der Waals surface area contributed by atoms with E-state index in [2.05, 4.69) is 4.74 Å². The standard InChI is InChI=1S/C15H9F3N2O4/c16-15(17,18)9-23-13-3-1-2-4-14(13)24-12-6-5-11(20(21)22)7-10(12)8-19/h1-7H,9H2. The van der Waals surface area contributed by atoms with Crippen molar-refractivity contribution in [3.05, 3.63) is 58.1 Å². The van der Waals surface area contributed by atoms with Gasteiger partial charge in [-0.25, -0.2) is 0 Å². The van der Waals surface area contributed by atoms with Crippen LogP contribution in [0.15, 0.2) is 42.5 Å². The van der Waals surface area contributed by atoms with Crippen LogP contribution in [0.2, 0.25) is 0 Å². The molecule has 0 aromatic heterocycles. The molecule has 0 spiro atoms. The molecule has 0 heterocycles. The van der Waals surface area contributed by atoms with E-state index in [1.807, 2.05) is 0 Å². The zero-order valence-corrected chi connectivity index (χ0v) is 11.9. The SMILES string of the molecule is N#Cc1cc([N+](=O)[O-])ccc1Oc1ccccc1OCC(F)(F)F. The van der Waals surface area contributed by atoms with Gasteiger partial charge >= 0.3 is 6.18 Å². The first kappa shape index (κ1) is 17.1. The van der Waals surface area contributed by atoms with Crippen LogP contribution in [0.5, 0.6) is 17.2 Å². The summed E-state index contributed by atoms with van der Waals surface area (Å²) in [5.41, 5.74) is -0.435. The van der Waals surface area contributed by atoms with Crippen molar-refractivity contribution in [3.63, 3.8) is 0 Å². The number of hydrogen-bond acceptors (Lipinski definition) is 5. The smallest absolute Gasteiger partial charge is 0.422 e. The van der Waals surface area contributed by atoms with Gasteiger partial charge in [0.25, 0.3) is 5.69 Å². The summed E-state index contributed by atoms with van der Waals surface area (Å²) in [5, 5.41) is 19.8. The number of ether oxygens (including phenoxy) is 2. The first-order valence-electron chi connectivity index (χ1n) is 6.45. The van der Waals surface area contributed by atoms with E-state index < -0.39 is 17.7 Å². The molecule has 2 aromatic carbocycles. The van der Waals surface area contributed by atoms with E-state index >= 15 is 0 Å². The Bertz CT molecular complexity index is 800. The molecule has 0 aliphatic rings. The second kappa shape index (κ2) is 6.87. The minimum Gasteiger partial charge on any atom is -0.480 e. The van der Waals surface area contributed by atoms with E-state index in [0.717, 1.165) is 12.1 Å². The van der Waals surface area contributed by atoms with Crippen LogP contribution >= 0.6 is 0 Å². The fourth-order valence-electron chi connectivity index (χ4n) is 1.74. The lowest BCUT2D eigenvalue weighted by Crippen LogP contribution is -2.19. The number of benzene rings is 2. The van der Waals surface area contributed by atoms with Gasteiger partial charge in [-0.3, -0.25) is 10.1 Å². The lowest BCUT2D eigenvalue weighted by Gasteiger charge is -2.14. The number of para-hydroxylation sites is 2. The largest absolute Gasteiger partial charge is 0.480 e. The molecule has 0 N–H and O–H groups in total. The van der Waals surface area contributed by atoms with Crippen LogP contribution in [0, 0.1) is 21.4 Å². The highest BCUT2D eigenvalue weighted by molar-refractivity contribution is 5.53. The first-order chi connectivity index (χ1) is 11.3. The molecule has 0 unspecified atom stereocenters. The molecule has 0 saturated carbocycles. The summed E-state index contributed by atoms with van der Waals surface area (Å²) in [6, 6.07) is 10.7. The minimum atomic E-state index is -4.52. The maximum Gasteiger partial charge on any atom is 0.422 e. The van der Waals surface area contributed by atoms with Gasteiger partial charge in [-0.2, -0.15) is 18.4 Å². The lowest BCUT2D eigenvalue weighted by atomic mass is 10.2. The highest BCUT2D eigenvalue weighted by atomic mass is 19.4. The average molecular weight is 338 g/mol. The molecule has 0 fully saturated rings. The maximum atomic E-state index is 12.3. The van der Waals surface area contributed by atoms with Crippen LogP contribution < -0.4 is 9.47 Å². The van der Waals surface area contributed by atoms with Gasteiger partial charge in [-0.15, -0.1) is 0 Å². The van der Waals surface area contributed by atoms with Crippen LogP contribution in [0.4, 0.5) is 18.9 Å². The molecule has 124 valence electrons. The summed E-state index contributed by atoms with van der Waals surface area (Å²) in [6.07, 6.45) is -4.52. The van der Waals surface area contributed by atoms with Crippen LogP contribution in [-0.2, 0) is 0 Å². The number of halogens is 3. The molecule has 2 rings (SSSR count). The van der Waals surface area contributed by atoms with E-state index in [1.54, 1.807) is 6.07 Å². The molecule has 6 nitrogen and oxygen atoms in total. The summed E-state index contributed by atoms with van der Waals surface area (Å²) in [4.78, 5) is 10.0. The van der Waals surface area contributed by atoms with Crippen LogP contribution in [-0.4, -0.2) is 17.7 Å². The fraction of sp³-hybridized carbons (Fsp3) is 0.133. The lowest BCUT2D eigenvalue weighted by molar-refractivity contribution is -0.384. The van der Waals surface area contributed by atoms with Crippen molar-refractivity contribution in [2.45, 2.75) is 6.18 Å². The number of nitro benzene ring substituents is 1. The Kier molecular flexibility index (Phi) is 4.89. The minimum absolute atomic E-state index is 0.0360. The predicted octanol–water partition coefficient (Wildman–Crippen LogP) is 4.20. The van der Waals surface area contributed by atoms with Crippen molar-refractivity contribution < 1.29 is 27.6 Å². The highest BCUT2D eigenvalue weighted by Crippen LogP contribution is 2.34. The van der Waals surface area contributed by atoms with Crippen LogP contribution in [0.3, 0.4) is 0 Å². The Labute approximate surface area is 133 Å². The molecular formula is C15H9F3N2O4. The van der Waals surface area contributed by atoms with Gasteiger partial charge in [-0.05, 0) is 18.2 Å². The molecule has 0 amide bonds. The van der Waals surface area contributed by atoms with Gasteiger partial charge in [0.1, 0.15) is 17.4 Å². The Morgan fingerprint density at radius 1 is 1.12 bits per heavy atom. The van der Waals surface area contributed by atoms with Crippen LogP contribution in [0.1, 0.15) is 5.56 Å². The van der Waals surface area contributed by atoms with E-state index in [-0.39, 0.29) is 28.5 Å². The molecule has 0 bridgehead atoms. The number of alkyl halides is 3. The van der Waals surface area contributed by atoms with Gasteiger partial charge in [0.2, 0.25) is 0 Å². The zero-order chi connectivity index (χ0) is 17.7. The molecule has 0 aliphatic heterocycles. The number of hydrogen-bond donors (Lipinski definition) is 0. The molecule has 0 saturated heterocycles. The van der Waals surface area contributed by atoms with Gasteiger partial charge in [-0.1, -0.05) is 12.1 Å².